The second kappa shape index (κ2) is 9.59. The molecule has 3 heterocycles. The van der Waals surface area contributed by atoms with Crippen LogP contribution in [0.1, 0.15) is 36.4 Å². The van der Waals surface area contributed by atoms with Gasteiger partial charge >= 0.3 is 0 Å². The summed E-state index contributed by atoms with van der Waals surface area (Å²) in [7, 11) is 0. The smallest absolute Gasteiger partial charge is 0.234 e. The van der Waals surface area contributed by atoms with Gasteiger partial charge in [0.2, 0.25) is 11.8 Å². The van der Waals surface area contributed by atoms with Crippen molar-refractivity contribution < 1.29 is 9.59 Å². The van der Waals surface area contributed by atoms with Crippen LogP contribution in [0.15, 0.2) is 12.4 Å². The van der Waals surface area contributed by atoms with Crippen molar-refractivity contribution >= 4 is 57.2 Å². The van der Waals surface area contributed by atoms with Crippen LogP contribution in [-0.2, 0) is 22.4 Å². The molecule has 3 N–H and O–H groups in total. The molecule has 2 amide bonds. The fourth-order valence-corrected chi connectivity index (χ4v) is 4.44. The first-order valence-corrected chi connectivity index (χ1v) is 10.4. The number of carbonyl (C=O) groups is 2. The Morgan fingerprint density at radius 1 is 1.11 bits per heavy atom. The number of anilines is 2. The molecule has 2 aromatic heterocycles. The highest BCUT2D eigenvalue weighted by molar-refractivity contribution is 7.16. The third-order valence-corrected chi connectivity index (χ3v) is 6.61. The lowest BCUT2D eigenvalue weighted by molar-refractivity contribution is -0.129. The standard InChI is InChI=1S/C17H23N5O2S2.ClH/c1-3-11-8-19-15(25-11)21-13(23)7-17(5-6-18-10-17)14(24)22-16-20-9-12(4-2)26-16;/h8-9,18H,3-7,10H2,1-2H3,(H,19,21,23)(H,20,22,24);1H. The monoisotopic (exact) mass is 429 g/mol. The number of aromatic nitrogens is 2. The predicted molar refractivity (Wildman–Crippen MR) is 112 cm³/mol. The van der Waals surface area contributed by atoms with Crippen LogP contribution in [0.4, 0.5) is 10.3 Å². The fraction of sp³-hybridized carbons (Fsp3) is 0.529. The molecule has 1 saturated heterocycles. The Bertz CT molecular complexity index is 786. The van der Waals surface area contributed by atoms with Gasteiger partial charge in [0.05, 0.1) is 5.41 Å². The Hall–Kier alpha value is -1.55. The third-order valence-electron chi connectivity index (χ3n) is 4.50. The van der Waals surface area contributed by atoms with E-state index in [-0.39, 0.29) is 30.6 Å². The van der Waals surface area contributed by atoms with Crippen LogP contribution in [-0.4, -0.2) is 34.9 Å². The Morgan fingerprint density at radius 3 is 2.19 bits per heavy atom. The van der Waals surface area contributed by atoms with E-state index in [1.165, 1.54) is 22.7 Å². The number of amides is 2. The summed E-state index contributed by atoms with van der Waals surface area (Å²) in [4.78, 5) is 36.1. The number of hydrogen-bond donors (Lipinski definition) is 3. The van der Waals surface area contributed by atoms with Crippen LogP contribution in [0, 0.1) is 5.41 Å². The molecule has 7 nitrogen and oxygen atoms in total. The van der Waals surface area contributed by atoms with E-state index in [0.29, 0.717) is 23.2 Å². The molecule has 10 heteroatoms. The first-order chi connectivity index (χ1) is 12.5. The molecule has 1 atom stereocenters. The number of halogens is 1. The van der Waals surface area contributed by atoms with E-state index in [1.807, 2.05) is 13.8 Å². The van der Waals surface area contributed by atoms with Crippen molar-refractivity contribution in [2.75, 3.05) is 23.7 Å². The third kappa shape index (κ3) is 5.25. The molecule has 148 valence electrons. The van der Waals surface area contributed by atoms with Crippen LogP contribution in [0.5, 0.6) is 0 Å². The molecule has 1 unspecified atom stereocenters. The maximum Gasteiger partial charge on any atom is 0.234 e. The van der Waals surface area contributed by atoms with Crippen molar-refractivity contribution in [3.8, 4) is 0 Å². The average Bonchev–Trinajstić information content (AvgIpc) is 3.36. The van der Waals surface area contributed by atoms with Gasteiger partial charge in [-0.25, -0.2) is 9.97 Å². The Morgan fingerprint density at radius 2 is 1.70 bits per heavy atom. The quantitative estimate of drug-likeness (QED) is 0.628. The van der Waals surface area contributed by atoms with Crippen LogP contribution >= 0.6 is 35.1 Å². The fourth-order valence-electron chi connectivity index (χ4n) is 2.93. The molecule has 1 fully saturated rings. The molecule has 3 rings (SSSR count). The second-order valence-electron chi connectivity index (χ2n) is 6.36. The minimum absolute atomic E-state index is 0. The molecule has 2 aromatic rings. The summed E-state index contributed by atoms with van der Waals surface area (Å²) in [5.74, 6) is -0.336. The molecule has 0 spiro atoms. The molecule has 27 heavy (non-hydrogen) atoms. The maximum absolute atomic E-state index is 12.9. The molecule has 0 bridgehead atoms. The topological polar surface area (TPSA) is 96.0 Å². The minimum atomic E-state index is -0.757. The summed E-state index contributed by atoms with van der Waals surface area (Å²) in [5.41, 5.74) is -0.757. The van der Waals surface area contributed by atoms with Gasteiger partial charge in [0, 0.05) is 35.1 Å². The van der Waals surface area contributed by atoms with Crippen molar-refractivity contribution in [3.05, 3.63) is 22.1 Å². The zero-order valence-electron chi connectivity index (χ0n) is 15.3. The number of hydrogen-bond acceptors (Lipinski definition) is 7. The van der Waals surface area contributed by atoms with Gasteiger partial charge in [-0.3, -0.25) is 9.59 Å². The highest BCUT2D eigenvalue weighted by atomic mass is 35.5. The van der Waals surface area contributed by atoms with Crippen molar-refractivity contribution in [3.63, 3.8) is 0 Å². The highest BCUT2D eigenvalue weighted by Gasteiger charge is 2.43. The normalized spacial score (nSPS) is 18.7. The largest absolute Gasteiger partial charge is 0.316 e. The molecular weight excluding hydrogens is 406 g/mol. The highest BCUT2D eigenvalue weighted by Crippen LogP contribution is 2.33. The molecule has 0 radical (unpaired) electrons. The van der Waals surface area contributed by atoms with Crippen LogP contribution in [0.2, 0.25) is 0 Å². The van der Waals surface area contributed by atoms with Crippen molar-refractivity contribution in [1.82, 2.24) is 15.3 Å². The molecule has 0 aromatic carbocycles. The maximum atomic E-state index is 12.9. The van der Waals surface area contributed by atoms with E-state index in [1.54, 1.807) is 12.4 Å². The van der Waals surface area contributed by atoms with Gasteiger partial charge in [0.15, 0.2) is 10.3 Å². The van der Waals surface area contributed by atoms with E-state index in [0.717, 1.165) is 29.1 Å². The average molecular weight is 430 g/mol. The summed E-state index contributed by atoms with van der Waals surface area (Å²) in [5, 5.41) is 10.1. The number of nitrogens with zero attached hydrogens (tertiary/aromatic N) is 2. The number of carbonyl (C=O) groups excluding carboxylic acids is 2. The number of rotatable bonds is 7. The van der Waals surface area contributed by atoms with Crippen molar-refractivity contribution in [2.45, 2.75) is 39.5 Å². The summed E-state index contributed by atoms with van der Waals surface area (Å²) >= 11 is 2.94. The van der Waals surface area contributed by atoms with Gasteiger partial charge < -0.3 is 16.0 Å². The zero-order chi connectivity index (χ0) is 18.6. The van der Waals surface area contributed by atoms with Crippen molar-refractivity contribution in [1.29, 1.82) is 0 Å². The molecule has 0 saturated carbocycles. The van der Waals surface area contributed by atoms with Gasteiger partial charge in [0.25, 0.3) is 0 Å². The molecule has 0 aliphatic carbocycles. The number of aryl methyl sites for hydroxylation is 2. The van der Waals surface area contributed by atoms with E-state index >= 15 is 0 Å². The lowest BCUT2D eigenvalue weighted by Gasteiger charge is -2.25. The lowest BCUT2D eigenvalue weighted by Crippen LogP contribution is -2.41. The van der Waals surface area contributed by atoms with Gasteiger partial charge in [-0.15, -0.1) is 35.1 Å². The number of thiazole rings is 2. The second-order valence-corrected chi connectivity index (χ2v) is 8.59. The van der Waals surface area contributed by atoms with E-state index in [2.05, 4.69) is 25.9 Å². The van der Waals surface area contributed by atoms with Crippen molar-refractivity contribution in [2.24, 2.45) is 5.41 Å². The van der Waals surface area contributed by atoms with Gasteiger partial charge in [-0.1, -0.05) is 13.8 Å². The van der Waals surface area contributed by atoms with E-state index in [4.69, 9.17) is 0 Å². The minimum Gasteiger partial charge on any atom is -0.316 e. The Kier molecular flexibility index (Phi) is 7.72. The SMILES string of the molecule is CCc1cnc(NC(=O)CC2(C(=O)Nc3ncc(CC)s3)CCNC2)s1.Cl. The van der Waals surface area contributed by atoms with Gasteiger partial charge in [-0.2, -0.15) is 0 Å². The first kappa shape index (κ1) is 21.7. The summed E-state index contributed by atoms with van der Waals surface area (Å²) < 4.78 is 0. The first-order valence-electron chi connectivity index (χ1n) is 8.76. The van der Waals surface area contributed by atoms with Crippen LogP contribution in [0.25, 0.3) is 0 Å². The van der Waals surface area contributed by atoms with Crippen LogP contribution in [0.3, 0.4) is 0 Å². The van der Waals surface area contributed by atoms with E-state index in [9.17, 15) is 9.59 Å². The molecule has 1 aliphatic rings. The summed E-state index contributed by atoms with van der Waals surface area (Å²) in [6.45, 7) is 5.30. The van der Waals surface area contributed by atoms with Crippen LogP contribution < -0.4 is 16.0 Å². The van der Waals surface area contributed by atoms with Gasteiger partial charge in [-0.05, 0) is 25.8 Å². The number of nitrogens with one attached hydrogen (secondary N) is 3. The summed E-state index contributed by atoms with van der Waals surface area (Å²) in [6.07, 6.45) is 6.07. The zero-order valence-corrected chi connectivity index (χ0v) is 17.8. The molecule has 1 aliphatic heterocycles. The lowest BCUT2D eigenvalue weighted by atomic mass is 9.82. The van der Waals surface area contributed by atoms with E-state index < -0.39 is 5.41 Å². The van der Waals surface area contributed by atoms with Gasteiger partial charge in [0.1, 0.15) is 0 Å². The molecular formula is C17H24ClN5O2S2. The Labute approximate surface area is 172 Å². The summed E-state index contributed by atoms with van der Waals surface area (Å²) in [6, 6.07) is 0. The predicted octanol–water partition coefficient (Wildman–Crippen LogP) is 3.09. The Balaban J connectivity index is 0.00000261.